The average Bonchev–Trinajstić information content (AvgIpc) is 3.30. The van der Waals surface area contributed by atoms with E-state index in [4.69, 9.17) is 4.74 Å². The minimum atomic E-state index is -3.62. The molecule has 0 radical (unpaired) electrons. The number of para-hydroxylation sites is 1. The molecular formula is C24H24FN7O4S. The summed E-state index contributed by atoms with van der Waals surface area (Å²) in [4.78, 5) is 24.8. The molecule has 0 spiro atoms. The molecule has 0 aliphatic carbocycles. The fourth-order valence-electron chi connectivity index (χ4n) is 3.52. The van der Waals surface area contributed by atoms with Crippen molar-refractivity contribution in [2.24, 2.45) is 7.05 Å². The van der Waals surface area contributed by atoms with Gasteiger partial charge in [0.05, 0.1) is 34.5 Å². The van der Waals surface area contributed by atoms with E-state index >= 15 is 0 Å². The average molecular weight is 526 g/mol. The molecule has 37 heavy (non-hydrogen) atoms. The summed E-state index contributed by atoms with van der Waals surface area (Å²) in [7, 11) is -0.350. The van der Waals surface area contributed by atoms with Gasteiger partial charge >= 0.3 is 0 Å². The number of aromatic nitrogens is 5. The Hall–Kier alpha value is -4.39. The molecule has 0 aliphatic rings. The number of pyridine rings is 2. The zero-order valence-electron chi connectivity index (χ0n) is 20.5. The van der Waals surface area contributed by atoms with Gasteiger partial charge < -0.3 is 15.4 Å². The van der Waals surface area contributed by atoms with Crippen LogP contribution in [0.15, 0.2) is 53.9 Å². The minimum absolute atomic E-state index is 0.162. The normalized spacial score (nSPS) is 11.3. The molecule has 2 N–H and O–H groups in total. The summed E-state index contributed by atoms with van der Waals surface area (Å²) in [5.74, 6) is -0.158. The molecule has 0 bridgehead atoms. The van der Waals surface area contributed by atoms with Gasteiger partial charge in [0.25, 0.3) is 0 Å². The molecule has 3 aromatic heterocycles. The van der Waals surface area contributed by atoms with Crippen molar-refractivity contribution in [3.05, 3.63) is 60.4 Å². The maximum Gasteiger partial charge on any atom is 0.184 e. The van der Waals surface area contributed by atoms with E-state index in [2.05, 4.69) is 30.7 Å². The zero-order chi connectivity index (χ0) is 26.7. The number of benzene rings is 1. The van der Waals surface area contributed by atoms with E-state index < -0.39 is 15.7 Å². The number of carbonyl (C=O) groups is 1. The number of sulfone groups is 1. The Kier molecular flexibility index (Phi) is 7.16. The smallest absolute Gasteiger partial charge is 0.184 e. The van der Waals surface area contributed by atoms with Crippen molar-refractivity contribution in [1.82, 2.24) is 24.7 Å². The summed E-state index contributed by atoms with van der Waals surface area (Å²) >= 11 is 0. The molecule has 1 aromatic carbocycles. The van der Waals surface area contributed by atoms with Crippen LogP contribution in [0.3, 0.4) is 0 Å². The predicted octanol–water partition coefficient (Wildman–Crippen LogP) is 3.90. The number of ether oxygens (including phenoxy) is 1. The Bertz CT molecular complexity index is 1590. The highest BCUT2D eigenvalue weighted by atomic mass is 32.2. The van der Waals surface area contributed by atoms with Crippen molar-refractivity contribution >= 4 is 38.6 Å². The third-order valence-corrected chi connectivity index (χ3v) is 6.42. The molecule has 0 saturated carbocycles. The van der Waals surface area contributed by atoms with E-state index in [0.717, 1.165) is 18.5 Å². The fourth-order valence-corrected chi connectivity index (χ4v) is 4.08. The van der Waals surface area contributed by atoms with Gasteiger partial charge in [-0.1, -0.05) is 13.0 Å². The molecule has 0 aliphatic heterocycles. The van der Waals surface area contributed by atoms with Crippen LogP contribution in [0.25, 0.3) is 11.4 Å². The number of ketones is 1. The van der Waals surface area contributed by atoms with Crippen molar-refractivity contribution in [2.45, 2.75) is 18.2 Å². The van der Waals surface area contributed by atoms with Crippen LogP contribution in [0.4, 0.5) is 27.4 Å². The summed E-state index contributed by atoms with van der Waals surface area (Å²) in [5.41, 5.74) is 1.89. The molecule has 0 atom stereocenters. The van der Waals surface area contributed by atoms with Gasteiger partial charge in [-0.05, 0) is 18.2 Å². The van der Waals surface area contributed by atoms with Crippen LogP contribution in [0.1, 0.15) is 23.7 Å². The molecule has 4 rings (SSSR count). The Morgan fingerprint density at radius 3 is 2.51 bits per heavy atom. The fraction of sp³-hybridized carbons (Fsp3) is 0.208. The molecule has 13 heteroatoms. The molecule has 11 nitrogen and oxygen atoms in total. The lowest BCUT2D eigenvalue weighted by Gasteiger charge is -2.17. The number of nitrogens with one attached hydrogen (secondary N) is 2. The first-order chi connectivity index (χ1) is 17.6. The maximum atomic E-state index is 14.6. The van der Waals surface area contributed by atoms with Gasteiger partial charge in [-0.15, -0.1) is 0 Å². The van der Waals surface area contributed by atoms with Crippen LogP contribution >= 0.6 is 0 Å². The quantitative estimate of drug-likeness (QED) is 0.309. The second-order valence-corrected chi connectivity index (χ2v) is 10.1. The van der Waals surface area contributed by atoms with E-state index in [0.29, 0.717) is 34.1 Å². The Morgan fingerprint density at radius 1 is 1.11 bits per heavy atom. The number of anilines is 4. The summed E-state index contributed by atoms with van der Waals surface area (Å²) in [6.07, 6.45) is 5.20. The van der Waals surface area contributed by atoms with E-state index in [1.54, 1.807) is 37.1 Å². The molecule has 192 valence electrons. The monoisotopic (exact) mass is 525 g/mol. The summed E-state index contributed by atoms with van der Waals surface area (Å²) in [6.45, 7) is 1.73. The minimum Gasteiger partial charge on any atom is -0.494 e. The Morgan fingerprint density at radius 2 is 1.89 bits per heavy atom. The number of Topliss-reactive ketones (excluding diaryl/α,β-unsaturated/α-hetero) is 1. The van der Waals surface area contributed by atoms with Crippen LogP contribution < -0.4 is 15.4 Å². The molecule has 0 saturated heterocycles. The zero-order valence-corrected chi connectivity index (χ0v) is 21.3. The van der Waals surface area contributed by atoms with Crippen LogP contribution in [0, 0.1) is 5.82 Å². The van der Waals surface area contributed by atoms with Gasteiger partial charge in [0.15, 0.2) is 38.8 Å². The number of hydrogen-bond acceptors (Lipinski definition) is 10. The summed E-state index contributed by atoms with van der Waals surface area (Å²) in [6, 6.07) is 7.77. The number of methoxy groups -OCH3 is 1. The number of halogens is 1. The molecule has 4 aromatic rings. The highest BCUT2D eigenvalue weighted by molar-refractivity contribution is 7.90. The number of aryl methyl sites for hydroxylation is 1. The third kappa shape index (κ3) is 5.56. The van der Waals surface area contributed by atoms with Gasteiger partial charge in [0, 0.05) is 38.2 Å². The number of hydrogen-bond donors (Lipinski definition) is 2. The van der Waals surface area contributed by atoms with E-state index in [1.165, 1.54) is 19.4 Å². The highest BCUT2D eigenvalue weighted by Gasteiger charge is 2.19. The second kappa shape index (κ2) is 10.3. The SMILES string of the molecule is CCC(=O)c1cnc(Nc2ncc(S(C)(=O)=O)cc2F)cc1Nc1cccc(-c2ncn(C)n2)c1OC. The first-order valence-corrected chi connectivity index (χ1v) is 13.0. The Labute approximate surface area is 212 Å². The van der Waals surface area contributed by atoms with Crippen molar-refractivity contribution in [2.75, 3.05) is 24.0 Å². The van der Waals surface area contributed by atoms with Gasteiger partial charge in [-0.2, -0.15) is 5.10 Å². The molecule has 0 unspecified atom stereocenters. The van der Waals surface area contributed by atoms with Crippen molar-refractivity contribution in [3.8, 4) is 17.1 Å². The highest BCUT2D eigenvalue weighted by Crippen LogP contribution is 2.37. The molecule has 0 fully saturated rings. The van der Waals surface area contributed by atoms with Crippen LogP contribution in [-0.4, -0.2) is 52.3 Å². The molecule has 3 heterocycles. The van der Waals surface area contributed by atoms with E-state index in [9.17, 15) is 17.6 Å². The number of carbonyl (C=O) groups excluding carboxylic acids is 1. The Balaban J connectivity index is 1.73. The third-order valence-electron chi connectivity index (χ3n) is 5.35. The van der Waals surface area contributed by atoms with E-state index in [-0.39, 0.29) is 28.7 Å². The van der Waals surface area contributed by atoms with Gasteiger partial charge in [-0.3, -0.25) is 9.48 Å². The van der Waals surface area contributed by atoms with Crippen LogP contribution in [0.2, 0.25) is 0 Å². The van der Waals surface area contributed by atoms with Gasteiger partial charge in [0.1, 0.15) is 12.1 Å². The second-order valence-electron chi connectivity index (χ2n) is 8.04. The number of nitrogens with zero attached hydrogens (tertiary/aromatic N) is 5. The predicted molar refractivity (Wildman–Crippen MR) is 136 cm³/mol. The molecular weight excluding hydrogens is 501 g/mol. The van der Waals surface area contributed by atoms with E-state index in [1.807, 2.05) is 6.07 Å². The number of rotatable bonds is 9. The lowest BCUT2D eigenvalue weighted by atomic mass is 10.1. The van der Waals surface area contributed by atoms with Crippen LogP contribution in [0.5, 0.6) is 5.75 Å². The largest absolute Gasteiger partial charge is 0.494 e. The van der Waals surface area contributed by atoms with Crippen molar-refractivity contribution < 1.29 is 22.3 Å². The van der Waals surface area contributed by atoms with Crippen molar-refractivity contribution in [3.63, 3.8) is 0 Å². The van der Waals surface area contributed by atoms with Crippen LogP contribution in [-0.2, 0) is 16.9 Å². The van der Waals surface area contributed by atoms with Gasteiger partial charge in [-0.25, -0.2) is 27.8 Å². The topological polar surface area (TPSA) is 141 Å². The lowest BCUT2D eigenvalue weighted by molar-refractivity contribution is 0.0988. The lowest BCUT2D eigenvalue weighted by Crippen LogP contribution is -2.08. The first-order valence-electron chi connectivity index (χ1n) is 11.1. The standard InChI is InChI=1S/C24H24FN7O4S/c1-5-20(33)16-12-26-21(30-24-17(25)9-14(11-27-24)37(4,34)35)10-19(16)29-18-8-6-7-15(22(18)36-3)23-28-13-32(2)31-23/h6-13H,5H2,1-4H3,(H2,26,27,29,30). The molecule has 0 amide bonds. The van der Waals surface area contributed by atoms with Gasteiger partial charge in [0.2, 0.25) is 0 Å². The first kappa shape index (κ1) is 25.7. The van der Waals surface area contributed by atoms with Crippen molar-refractivity contribution in [1.29, 1.82) is 0 Å². The summed E-state index contributed by atoms with van der Waals surface area (Å²) < 4.78 is 45.1. The maximum absolute atomic E-state index is 14.6. The summed E-state index contributed by atoms with van der Waals surface area (Å²) in [5, 5.41) is 10.3.